The van der Waals surface area contributed by atoms with Crippen LogP contribution in [0.3, 0.4) is 0 Å². The molecule has 1 aromatic rings. The molecule has 2 heteroatoms. The van der Waals surface area contributed by atoms with E-state index in [1.165, 1.54) is 13.0 Å². The van der Waals surface area contributed by atoms with Crippen LogP contribution in [-0.2, 0) is 4.79 Å². The van der Waals surface area contributed by atoms with Gasteiger partial charge in [-0.2, -0.15) is 0 Å². The van der Waals surface area contributed by atoms with E-state index >= 15 is 0 Å². The van der Waals surface area contributed by atoms with Gasteiger partial charge in [0.2, 0.25) is 0 Å². The summed E-state index contributed by atoms with van der Waals surface area (Å²) in [4.78, 5) is 10.8. The summed E-state index contributed by atoms with van der Waals surface area (Å²) in [5, 5.41) is 0. The number of hydrogen-bond donors (Lipinski definition) is 0. The second-order valence-electron chi connectivity index (χ2n) is 3.19. The minimum atomic E-state index is 0.0348. The third-order valence-electron chi connectivity index (χ3n) is 1.89. The van der Waals surface area contributed by atoms with Gasteiger partial charge in [0.05, 0.1) is 7.11 Å². The highest BCUT2D eigenvalue weighted by Gasteiger charge is 1.99. The minimum absolute atomic E-state index is 0.0348. The number of allylic oxidation sites excluding steroid dienone is 1. The lowest BCUT2D eigenvalue weighted by atomic mass is 10.1. The summed E-state index contributed by atoms with van der Waals surface area (Å²) >= 11 is 0. The predicted octanol–water partition coefficient (Wildman–Crippen LogP) is 2.61. The number of rotatable bonds is 3. The number of methoxy groups -OCH3 is 1. The Bertz CT molecular complexity index is 365. The molecule has 0 unspecified atom stereocenters. The summed E-state index contributed by atoms with van der Waals surface area (Å²) in [6, 6.07) is 5.87. The molecule has 0 heterocycles. The molecule has 0 aliphatic carbocycles. The lowest BCUT2D eigenvalue weighted by Gasteiger charge is -2.05. The fourth-order valence-electron chi connectivity index (χ4n) is 1.16. The highest BCUT2D eigenvalue weighted by molar-refractivity contribution is 5.91. The molecular formula is C12H14O2. The quantitative estimate of drug-likeness (QED) is 0.685. The molecule has 0 radical (unpaired) electrons. The first-order valence-electron chi connectivity index (χ1n) is 4.47. The van der Waals surface area contributed by atoms with E-state index in [1.54, 1.807) is 13.2 Å². The van der Waals surface area contributed by atoms with Crippen LogP contribution in [0.15, 0.2) is 24.3 Å². The van der Waals surface area contributed by atoms with Crippen molar-refractivity contribution in [3.05, 3.63) is 35.4 Å². The number of carbonyl (C=O) groups excluding carboxylic acids is 1. The standard InChI is InChI=1S/C12H14O2/c1-9-4-6-11(7-5-10(2)13)12(8-9)14-3/h4-8H,1-3H3/b7-5+. The third-order valence-corrected chi connectivity index (χ3v) is 1.89. The predicted molar refractivity (Wildman–Crippen MR) is 57.4 cm³/mol. The Hall–Kier alpha value is -1.57. The molecule has 14 heavy (non-hydrogen) atoms. The number of hydrogen-bond acceptors (Lipinski definition) is 2. The van der Waals surface area contributed by atoms with Crippen LogP contribution >= 0.6 is 0 Å². The van der Waals surface area contributed by atoms with Crippen molar-refractivity contribution < 1.29 is 9.53 Å². The van der Waals surface area contributed by atoms with E-state index in [2.05, 4.69) is 0 Å². The summed E-state index contributed by atoms with van der Waals surface area (Å²) in [6.07, 6.45) is 3.30. The average Bonchev–Trinajstić information content (AvgIpc) is 2.15. The largest absolute Gasteiger partial charge is 0.496 e. The first-order chi connectivity index (χ1) is 6.63. The van der Waals surface area contributed by atoms with E-state index < -0.39 is 0 Å². The molecule has 0 bridgehead atoms. The molecule has 0 saturated carbocycles. The van der Waals surface area contributed by atoms with E-state index in [4.69, 9.17) is 4.74 Å². The van der Waals surface area contributed by atoms with Gasteiger partial charge in [-0.3, -0.25) is 4.79 Å². The van der Waals surface area contributed by atoms with Crippen molar-refractivity contribution in [2.24, 2.45) is 0 Å². The van der Waals surface area contributed by atoms with Crippen LogP contribution in [0.25, 0.3) is 6.08 Å². The van der Waals surface area contributed by atoms with Crippen LogP contribution in [0.4, 0.5) is 0 Å². The zero-order valence-corrected chi connectivity index (χ0v) is 8.70. The van der Waals surface area contributed by atoms with Crippen molar-refractivity contribution in [3.63, 3.8) is 0 Å². The molecule has 0 spiro atoms. The van der Waals surface area contributed by atoms with Crippen molar-refractivity contribution >= 4 is 11.9 Å². The summed E-state index contributed by atoms with van der Waals surface area (Å²) in [6.45, 7) is 3.53. The molecule has 0 N–H and O–H groups in total. The molecule has 1 rings (SSSR count). The van der Waals surface area contributed by atoms with Crippen molar-refractivity contribution in [2.75, 3.05) is 7.11 Å². The van der Waals surface area contributed by atoms with Crippen molar-refractivity contribution in [1.82, 2.24) is 0 Å². The Balaban J connectivity index is 3.02. The number of benzene rings is 1. The molecule has 0 fully saturated rings. The van der Waals surface area contributed by atoms with Gasteiger partial charge in [0, 0.05) is 5.56 Å². The second kappa shape index (κ2) is 4.61. The lowest BCUT2D eigenvalue weighted by Crippen LogP contribution is -1.88. The average molecular weight is 190 g/mol. The summed E-state index contributed by atoms with van der Waals surface area (Å²) in [5.74, 6) is 0.829. The van der Waals surface area contributed by atoms with Gasteiger partial charge in [-0.25, -0.2) is 0 Å². The summed E-state index contributed by atoms with van der Waals surface area (Å²) in [5.41, 5.74) is 2.06. The molecule has 0 amide bonds. The highest BCUT2D eigenvalue weighted by atomic mass is 16.5. The van der Waals surface area contributed by atoms with Gasteiger partial charge in [-0.05, 0) is 37.6 Å². The third kappa shape index (κ3) is 2.73. The van der Waals surface area contributed by atoms with E-state index in [0.29, 0.717) is 0 Å². The van der Waals surface area contributed by atoms with Crippen LogP contribution in [0, 0.1) is 6.92 Å². The van der Waals surface area contributed by atoms with Gasteiger partial charge < -0.3 is 4.74 Å². The Morgan fingerprint density at radius 2 is 2.14 bits per heavy atom. The van der Waals surface area contributed by atoms with Crippen LogP contribution in [0.5, 0.6) is 5.75 Å². The molecular weight excluding hydrogens is 176 g/mol. The topological polar surface area (TPSA) is 26.3 Å². The zero-order chi connectivity index (χ0) is 10.6. The maximum atomic E-state index is 10.8. The molecule has 0 aliphatic rings. The number of carbonyl (C=O) groups is 1. The second-order valence-corrected chi connectivity index (χ2v) is 3.19. The van der Waals surface area contributed by atoms with Crippen LogP contribution in [0.1, 0.15) is 18.1 Å². The molecule has 0 aromatic heterocycles. The number of ether oxygens (including phenoxy) is 1. The fraction of sp³-hybridized carbons (Fsp3) is 0.250. The Morgan fingerprint density at radius 3 is 2.71 bits per heavy atom. The Labute approximate surface area is 84.2 Å². The normalized spacial score (nSPS) is 10.5. The number of ketones is 1. The van der Waals surface area contributed by atoms with Gasteiger partial charge in [0.25, 0.3) is 0 Å². The van der Waals surface area contributed by atoms with Crippen LogP contribution in [0.2, 0.25) is 0 Å². The van der Waals surface area contributed by atoms with Crippen LogP contribution < -0.4 is 4.74 Å². The molecule has 2 nitrogen and oxygen atoms in total. The molecule has 0 aliphatic heterocycles. The fourth-order valence-corrected chi connectivity index (χ4v) is 1.16. The molecule has 74 valence electrons. The first-order valence-corrected chi connectivity index (χ1v) is 4.47. The SMILES string of the molecule is COc1cc(C)ccc1/C=C/C(C)=O. The van der Waals surface area contributed by atoms with E-state index in [1.807, 2.05) is 25.1 Å². The van der Waals surface area contributed by atoms with Gasteiger partial charge in [0.1, 0.15) is 5.75 Å². The van der Waals surface area contributed by atoms with E-state index in [0.717, 1.165) is 16.9 Å². The van der Waals surface area contributed by atoms with Crippen molar-refractivity contribution in [2.45, 2.75) is 13.8 Å². The highest BCUT2D eigenvalue weighted by Crippen LogP contribution is 2.20. The minimum Gasteiger partial charge on any atom is -0.496 e. The molecule has 0 atom stereocenters. The first kappa shape index (κ1) is 10.5. The van der Waals surface area contributed by atoms with Crippen molar-refractivity contribution in [1.29, 1.82) is 0 Å². The summed E-state index contributed by atoms with van der Waals surface area (Å²) < 4.78 is 5.20. The maximum absolute atomic E-state index is 10.8. The Kier molecular flexibility index (Phi) is 3.46. The smallest absolute Gasteiger partial charge is 0.152 e. The van der Waals surface area contributed by atoms with Crippen molar-refractivity contribution in [3.8, 4) is 5.75 Å². The maximum Gasteiger partial charge on any atom is 0.152 e. The zero-order valence-electron chi connectivity index (χ0n) is 8.70. The monoisotopic (exact) mass is 190 g/mol. The van der Waals surface area contributed by atoms with Gasteiger partial charge in [-0.1, -0.05) is 12.1 Å². The van der Waals surface area contributed by atoms with E-state index in [-0.39, 0.29) is 5.78 Å². The molecule has 0 saturated heterocycles. The number of aryl methyl sites for hydroxylation is 1. The van der Waals surface area contributed by atoms with Gasteiger partial charge in [-0.15, -0.1) is 0 Å². The van der Waals surface area contributed by atoms with E-state index in [9.17, 15) is 4.79 Å². The van der Waals surface area contributed by atoms with Gasteiger partial charge in [0.15, 0.2) is 5.78 Å². The summed E-state index contributed by atoms with van der Waals surface area (Å²) in [7, 11) is 1.62. The van der Waals surface area contributed by atoms with Crippen LogP contribution in [-0.4, -0.2) is 12.9 Å². The van der Waals surface area contributed by atoms with Gasteiger partial charge >= 0.3 is 0 Å². The molecule has 1 aromatic carbocycles. The lowest BCUT2D eigenvalue weighted by molar-refractivity contribution is -0.112. The Morgan fingerprint density at radius 1 is 1.43 bits per heavy atom.